The molecule has 9 heteroatoms. The number of rotatable bonds is 1. The van der Waals surface area contributed by atoms with Crippen LogP contribution in [0.3, 0.4) is 0 Å². The van der Waals surface area contributed by atoms with Crippen molar-refractivity contribution >= 4 is 34.4 Å². The van der Waals surface area contributed by atoms with Crippen LogP contribution in [0, 0.1) is 3.57 Å². The highest BCUT2D eigenvalue weighted by atomic mass is 127. The molecule has 1 aromatic heterocycles. The number of aromatic nitrogens is 1. The molecule has 90 valence electrons. The molecule has 0 aliphatic carbocycles. The maximum absolute atomic E-state index is 12.3. The predicted molar refractivity (Wildman–Crippen MR) is 53.9 cm³/mol. The lowest BCUT2D eigenvalue weighted by atomic mass is 10.3. The summed E-state index contributed by atoms with van der Waals surface area (Å²) >= 11 is 0.613. The number of pyridine rings is 1. The zero-order chi connectivity index (χ0) is 12.6. The molecule has 0 fully saturated rings. The summed E-state index contributed by atoms with van der Waals surface area (Å²) in [5, 5.41) is 0. The average Bonchev–Trinajstić information content (AvgIpc) is 2.04. The Kier molecular flexibility index (Phi) is 3.98. The van der Waals surface area contributed by atoms with Gasteiger partial charge in [0.15, 0.2) is 5.69 Å². The molecule has 0 atom stereocenters. The van der Waals surface area contributed by atoms with Gasteiger partial charge in [-0.15, -0.1) is 0 Å². The van der Waals surface area contributed by atoms with Gasteiger partial charge in [-0.05, 0) is 40.4 Å². The molecule has 0 aliphatic rings. The van der Waals surface area contributed by atoms with Gasteiger partial charge in [0.25, 0.3) is 0 Å². The molecule has 1 heterocycles. The van der Waals surface area contributed by atoms with Crippen LogP contribution in [0.2, 0.25) is 0 Å². The van der Waals surface area contributed by atoms with E-state index in [1.165, 1.54) is 22.6 Å². The van der Waals surface area contributed by atoms with Crippen molar-refractivity contribution in [3.8, 4) is 0 Å². The molecule has 0 saturated carbocycles. The molecule has 16 heavy (non-hydrogen) atoms. The minimum absolute atomic E-state index is 0.504. The first-order chi connectivity index (χ1) is 7.11. The van der Waals surface area contributed by atoms with Gasteiger partial charge < -0.3 is 0 Å². The van der Waals surface area contributed by atoms with E-state index < -0.39 is 37.6 Å². The first-order valence-corrected chi connectivity index (χ1v) is 5.48. The smallest absolute Gasteiger partial charge is 0.251 e. The van der Waals surface area contributed by atoms with Crippen LogP contribution in [-0.4, -0.2) is 10.5 Å². The molecule has 0 aromatic carbocycles. The molecule has 0 radical (unpaired) electrons. The molecule has 0 amide bonds. The standard InChI is InChI=1S/C7H2F6INS/c8-6(9,10)5-4(14)3(1-2-15-5)16-7(11,12)13/h1-2H. The summed E-state index contributed by atoms with van der Waals surface area (Å²) < 4.78 is 72.4. The topological polar surface area (TPSA) is 12.9 Å². The summed E-state index contributed by atoms with van der Waals surface area (Å²) in [7, 11) is 0. The van der Waals surface area contributed by atoms with Gasteiger partial charge in [-0.25, -0.2) is 0 Å². The van der Waals surface area contributed by atoms with Crippen molar-refractivity contribution in [2.45, 2.75) is 16.6 Å². The molecule has 0 spiro atoms. The second kappa shape index (κ2) is 4.59. The zero-order valence-corrected chi connectivity index (χ0v) is 10.1. The minimum atomic E-state index is -4.75. The Morgan fingerprint density at radius 2 is 1.69 bits per heavy atom. The van der Waals surface area contributed by atoms with Gasteiger partial charge in [0.2, 0.25) is 0 Å². The van der Waals surface area contributed by atoms with Crippen molar-refractivity contribution in [2.24, 2.45) is 0 Å². The van der Waals surface area contributed by atoms with Crippen molar-refractivity contribution in [1.29, 1.82) is 0 Å². The van der Waals surface area contributed by atoms with Crippen LogP contribution < -0.4 is 0 Å². The Bertz CT molecular complexity index is 387. The van der Waals surface area contributed by atoms with Crippen molar-refractivity contribution in [3.05, 3.63) is 21.5 Å². The maximum Gasteiger partial charge on any atom is 0.446 e. The van der Waals surface area contributed by atoms with Crippen molar-refractivity contribution in [1.82, 2.24) is 4.98 Å². The van der Waals surface area contributed by atoms with Crippen LogP contribution in [0.4, 0.5) is 26.3 Å². The normalized spacial score (nSPS) is 12.9. The first kappa shape index (κ1) is 13.9. The molecule has 1 aromatic rings. The largest absolute Gasteiger partial charge is 0.446 e. The number of thioether (sulfide) groups is 1. The summed E-state index contributed by atoms with van der Waals surface area (Å²) in [6.45, 7) is 0. The average molecular weight is 373 g/mol. The highest BCUT2D eigenvalue weighted by molar-refractivity contribution is 14.1. The maximum atomic E-state index is 12.3. The van der Waals surface area contributed by atoms with E-state index in [-0.39, 0.29) is 0 Å². The summed E-state index contributed by atoms with van der Waals surface area (Å²) in [6, 6.07) is 0.898. The van der Waals surface area contributed by atoms with E-state index in [4.69, 9.17) is 0 Å². The lowest BCUT2D eigenvalue weighted by Gasteiger charge is -2.12. The highest BCUT2D eigenvalue weighted by Crippen LogP contribution is 2.41. The number of alkyl halides is 6. The van der Waals surface area contributed by atoms with E-state index in [1.807, 2.05) is 0 Å². The second-order valence-corrected chi connectivity index (χ2v) is 4.70. The molecule has 0 bridgehead atoms. The van der Waals surface area contributed by atoms with Gasteiger partial charge in [0, 0.05) is 11.1 Å². The third-order valence-corrected chi connectivity index (χ3v) is 3.60. The second-order valence-electron chi connectivity index (χ2n) is 2.52. The number of nitrogens with zero attached hydrogens (tertiary/aromatic N) is 1. The van der Waals surface area contributed by atoms with Crippen LogP contribution in [-0.2, 0) is 6.18 Å². The lowest BCUT2D eigenvalue weighted by Crippen LogP contribution is -2.11. The molecule has 0 aliphatic heterocycles. The van der Waals surface area contributed by atoms with Gasteiger partial charge in [0.1, 0.15) is 0 Å². The van der Waals surface area contributed by atoms with Gasteiger partial charge >= 0.3 is 11.7 Å². The first-order valence-electron chi connectivity index (χ1n) is 3.58. The molecule has 0 N–H and O–H groups in total. The van der Waals surface area contributed by atoms with Gasteiger partial charge in [-0.2, -0.15) is 26.3 Å². The predicted octanol–water partition coefficient (Wildman–Crippen LogP) is 4.32. The van der Waals surface area contributed by atoms with Crippen LogP contribution >= 0.6 is 34.4 Å². The molecule has 0 saturated heterocycles. The zero-order valence-electron chi connectivity index (χ0n) is 7.16. The fourth-order valence-corrected chi connectivity index (χ4v) is 2.35. The highest BCUT2D eigenvalue weighted by Gasteiger charge is 2.38. The Hall–Kier alpha value is -0.190. The summed E-state index contributed by atoms with van der Waals surface area (Å²) in [5.41, 5.74) is -5.92. The summed E-state index contributed by atoms with van der Waals surface area (Å²) in [4.78, 5) is 2.52. The van der Waals surface area contributed by atoms with Crippen LogP contribution in [0.1, 0.15) is 5.69 Å². The fourth-order valence-electron chi connectivity index (χ4n) is 0.827. The molecular formula is C7H2F6INS. The van der Waals surface area contributed by atoms with Crippen molar-refractivity contribution in [2.75, 3.05) is 0 Å². The quantitative estimate of drug-likeness (QED) is 0.413. The van der Waals surface area contributed by atoms with E-state index >= 15 is 0 Å². The van der Waals surface area contributed by atoms with Gasteiger partial charge in [-0.3, -0.25) is 4.98 Å². The monoisotopic (exact) mass is 373 g/mol. The molecule has 0 unspecified atom stereocenters. The Morgan fingerprint density at radius 1 is 1.12 bits per heavy atom. The van der Waals surface area contributed by atoms with E-state index in [0.717, 1.165) is 6.07 Å². The SMILES string of the molecule is FC(F)(F)Sc1ccnc(C(F)(F)F)c1I. The summed E-state index contributed by atoms with van der Waals surface area (Å²) in [6.07, 6.45) is -4.04. The van der Waals surface area contributed by atoms with Crippen molar-refractivity contribution in [3.63, 3.8) is 0 Å². The van der Waals surface area contributed by atoms with Gasteiger partial charge in [-0.1, -0.05) is 0 Å². The third kappa shape index (κ3) is 3.68. The Labute approximate surface area is 104 Å². The minimum Gasteiger partial charge on any atom is -0.251 e. The number of hydrogen-bond acceptors (Lipinski definition) is 2. The van der Waals surface area contributed by atoms with E-state index in [1.54, 1.807) is 0 Å². The Morgan fingerprint density at radius 3 is 2.12 bits per heavy atom. The lowest BCUT2D eigenvalue weighted by molar-refractivity contribution is -0.142. The fraction of sp³-hybridized carbons (Fsp3) is 0.286. The van der Waals surface area contributed by atoms with Gasteiger partial charge in [0.05, 0.1) is 3.57 Å². The van der Waals surface area contributed by atoms with Crippen LogP contribution in [0.5, 0.6) is 0 Å². The third-order valence-electron chi connectivity index (χ3n) is 1.35. The molecule has 1 rings (SSSR count). The molecule has 1 nitrogen and oxygen atoms in total. The summed E-state index contributed by atoms with van der Waals surface area (Å²) in [5.74, 6) is 0. The number of halogens is 7. The van der Waals surface area contributed by atoms with E-state index in [9.17, 15) is 26.3 Å². The molecular weight excluding hydrogens is 371 g/mol. The Balaban J connectivity index is 3.15. The van der Waals surface area contributed by atoms with E-state index in [2.05, 4.69) is 4.98 Å². The number of hydrogen-bond donors (Lipinski definition) is 0. The van der Waals surface area contributed by atoms with Crippen molar-refractivity contribution < 1.29 is 26.3 Å². The van der Waals surface area contributed by atoms with E-state index in [0.29, 0.717) is 6.20 Å². The van der Waals surface area contributed by atoms with Crippen LogP contribution in [0.15, 0.2) is 17.2 Å². The van der Waals surface area contributed by atoms with Crippen LogP contribution in [0.25, 0.3) is 0 Å².